The van der Waals surface area contributed by atoms with Crippen LogP contribution in [-0.4, -0.2) is 27.1 Å². The third-order valence-corrected chi connectivity index (χ3v) is 3.76. The quantitative estimate of drug-likeness (QED) is 0.600. The first kappa shape index (κ1) is 14.7. The van der Waals surface area contributed by atoms with Crippen LogP contribution in [0.15, 0.2) is 40.3 Å². The largest absolute Gasteiger partial charge is 0.494 e. The molecule has 108 valence electrons. The van der Waals surface area contributed by atoms with E-state index in [9.17, 15) is 4.79 Å². The maximum absolute atomic E-state index is 11.5. The number of benzene rings is 1. The summed E-state index contributed by atoms with van der Waals surface area (Å²) < 4.78 is 7.30. The zero-order chi connectivity index (χ0) is 14.2. The number of para-hydroxylation sites is 1. The van der Waals surface area contributed by atoms with Crippen LogP contribution in [0.1, 0.15) is 19.8 Å². The summed E-state index contributed by atoms with van der Waals surface area (Å²) in [6.07, 6.45) is 1.83. The lowest BCUT2D eigenvalue weighted by Crippen LogP contribution is -2.17. The van der Waals surface area contributed by atoms with Crippen LogP contribution in [0, 0.1) is 0 Å². The molecule has 5 nitrogen and oxygen atoms in total. The Morgan fingerprint density at radius 2 is 2.15 bits per heavy atom. The number of nitrogens with one attached hydrogen (secondary N) is 1. The van der Waals surface area contributed by atoms with Crippen molar-refractivity contribution < 1.29 is 4.74 Å². The van der Waals surface area contributed by atoms with E-state index in [1.54, 1.807) is 16.3 Å². The van der Waals surface area contributed by atoms with E-state index < -0.39 is 0 Å². The first-order valence-corrected chi connectivity index (χ1v) is 7.75. The first-order chi connectivity index (χ1) is 9.81. The molecule has 0 aliphatic rings. The third kappa shape index (κ3) is 4.16. The summed E-state index contributed by atoms with van der Waals surface area (Å²) >= 11 is 1.58. The highest BCUT2D eigenvalue weighted by atomic mass is 32.2. The topological polar surface area (TPSA) is 59.9 Å². The molecule has 1 N–H and O–H groups in total. The second-order valence-corrected chi connectivity index (χ2v) is 5.39. The minimum absolute atomic E-state index is 0.130. The van der Waals surface area contributed by atoms with Gasteiger partial charge in [0.05, 0.1) is 6.61 Å². The maximum Gasteiger partial charge on any atom is 0.343 e. The zero-order valence-electron chi connectivity index (χ0n) is 11.5. The van der Waals surface area contributed by atoms with Crippen molar-refractivity contribution in [1.29, 1.82) is 0 Å². The fraction of sp³-hybridized carbons (Fsp3) is 0.429. The van der Waals surface area contributed by atoms with E-state index in [1.807, 2.05) is 37.3 Å². The van der Waals surface area contributed by atoms with Crippen LogP contribution in [0.3, 0.4) is 0 Å². The highest BCUT2D eigenvalue weighted by Crippen LogP contribution is 2.15. The zero-order valence-corrected chi connectivity index (χ0v) is 12.4. The van der Waals surface area contributed by atoms with Crippen molar-refractivity contribution in [3.63, 3.8) is 0 Å². The maximum atomic E-state index is 11.5. The second-order valence-electron chi connectivity index (χ2n) is 4.33. The standard InChI is InChI=1S/C14H19N3O2S/c1-2-9-17-13(18)15-16-14(17)20-11-6-10-19-12-7-4-3-5-8-12/h3-5,7-8H,2,6,9-11H2,1H3,(H,15,18). The van der Waals surface area contributed by atoms with Crippen molar-refractivity contribution in [1.82, 2.24) is 14.8 Å². The molecule has 0 atom stereocenters. The Morgan fingerprint density at radius 3 is 2.90 bits per heavy atom. The Kier molecular flexibility index (Phi) is 5.73. The summed E-state index contributed by atoms with van der Waals surface area (Å²) in [4.78, 5) is 11.5. The van der Waals surface area contributed by atoms with Gasteiger partial charge in [-0.3, -0.25) is 4.57 Å². The number of hydrogen-bond acceptors (Lipinski definition) is 4. The molecule has 0 aliphatic carbocycles. The van der Waals surface area contributed by atoms with Crippen molar-refractivity contribution in [3.8, 4) is 5.75 Å². The van der Waals surface area contributed by atoms with Crippen LogP contribution < -0.4 is 10.4 Å². The van der Waals surface area contributed by atoms with Crippen molar-refractivity contribution in [2.75, 3.05) is 12.4 Å². The number of aromatic nitrogens is 3. The molecule has 1 heterocycles. The van der Waals surface area contributed by atoms with Crippen LogP contribution in [0.4, 0.5) is 0 Å². The monoisotopic (exact) mass is 293 g/mol. The molecule has 0 amide bonds. The van der Waals surface area contributed by atoms with Crippen LogP contribution in [0.2, 0.25) is 0 Å². The molecule has 2 aromatic rings. The van der Waals surface area contributed by atoms with E-state index in [1.165, 1.54) is 0 Å². The average molecular weight is 293 g/mol. The number of thioether (sulfide) groups is 1. The van der Waals surface area contributed by atoms with Crippen molar-refractivity contribution in [2.45, 2.75) is 31.5 Å². The lowest BCUT2D eigenvalue weighted by molar-refractivity contribution is 0.318. The molecule has 0 saturated heterocycles. The van der Waals surface area contributed by atoms with Gasteiger partial charge >= 0.3 is 5.69 Å². The number of hydrogen-bond donors (Lipinski definition) is 1. The van der Waals surface area contributed by atoms with E-state index >= 15 is 0 Å². The van der Waals surface area contributed by atoms with Gasteiger partial charge in [0.15, 0.2) is 5.16 Å². The second kappa shape index (κ2) is 7.79. The predicted molar refractivity (Wildman–Crippen MR) is 80.4 cm³/mol. The predicted octanol–water partition coefficient (Wildman–Crippen LogP) is 2.54. The van der Waals surface area contributed by atoms with Gasteiger partial charge in [0.25, 0.3) is 0 Å². The molecule has 0 radical (unpaired) electrons. The Morgan fingerprint density at radius 1 is 1.35 bits per heavy atom. The number of H-pyrrole nitrogens is 1. The first-order valence-electron chi connectivity index (χ1n) is 6.77. The third-order valence-electron chi connectivity index (χ3n) is 2.70. The van der Waals surface area contributed by atoms with Gasteiger partial charge < -0.3 is 4.74 Å². The SMILES string of the molecule is CCCn1c(SCCCOc2ccccc2)n[nH]c1=O. The fourth-order valence-corrected chi connectivity index (χ4v) is 2.65. The molecule has 2 rings (SSSR count). The highest BCUT2D eigenvalue weighted by molar-refractivity contribution is 7.99. The Hall–Kier alpha value is -1.69. The Bertz CT molecular complexity index is 565. The van der Waals surface area contributed by atoms with Crippen LogP contribution in [-0.2, 0) is 6.54 Å². The van der Waals surface area contributed by atoms with Crippen molar-refractivity contribution in [3.05, 3.63) is 40.8 Å². The van der Waals surface area contributed by atoms with E-state index in [0.29, 0.717) is 13.2 Å². The molecule has 1 aromatic heterocycles. The van der Waals surface area contributed by atoms with Gasteiger partial charge in [0.2, 0.25) is 0 Å². The number of nitrogens with zero attached hydrogens (tertiary/aromatic N) is 2. The van der Waals surface area contributed by atoms with Crippen LogP contribution in [0.5, 0.6) is 5.75 Å². The minimum atomic E-state index is -0.130. The minimum Gasteiger partial charge on any atom is -0.494 e. The molecule has 6 heteroatoms. The van der Waals surface area contributed by atoms with E-state index in [4.69, 9.17) is 4.74 Å². The molecular formula is C14H19N3O2S. The summed E-state index contributed by atoms with van der Waals surface area (Å²) in [6, 6.07) is 9.77. The normalized spacial score (nSPS) is 10.7. The van der Waals surface area contributed by atoms with Gasteiger partial charge in [0.1, 0.15) is 5.75 Å². The lowest BCUT2D eigenvalue weighted by atomic mass is 10.3. The molecule has 1 aromatic carbocycles. The Labute approximate surface area is 122 Å². The molecule has 0 spiro atoms. The molecule has 0 unspecified atom stereocenters. The molecule has 0 saturated carbocycles. The van der Waals surface area contributed by atoms with Crippen LogP contribution >= 0.6 is 11.8 Å². The summed E-state index contributed by atoms with van der Waals surface area (Å²) in [5, 5.41) is 7.29. The lowest BCUT2D eigenvalue weighted by Gasteiger charge is -2.06. The van der Waals surface area contributed by atoms with Crippen molar-refractivity contribution in [2.24, 2.45) is 0 Å². The highest BCUT2D eigenvalue weighted by Gasteiger charge is 2.07. The molecule has 0 aliphatic heterocycles. The molecular weight excluding hydrogens is 274 g/mol. The van der Waals surface area contributed by atoms with Crippen LogP contribution in [0.25, 0.3) is 0 Å². The number of ether oxygens (including phenoxy) is 1. The molecule has 0 fully saturated rings. The number of rotatable bonds is 8. The summed E-state index contributed by atoms with van der Waals surface area (Å²) in [5.74, 6) is 1.76. The van der Waals surface area contributed by atoms with E-state index in [0.717, 1.165) is 29.5 Å². The fourth-order valence-electron chi connectivity index (χ4n) is 1.76. The van der Waals surface area contributed by atoms with Gasteiger partial charge in [-0.2, -0.15) is 0 Å². The van der Waals surface area contributed by atoms with E-state index in [2.05, 4.69) is 10.2 Å². The molecule has 0 bridgehead atoms. The van der Waals surface area contributed by atoms with Gasteiger partial charge in [-0.25, -0.2) is 9.89 Å². The van der Waals surface area contributed by atoms with Gasteiger partial charge in [0, 0.05) is 12.3 Å². The summed E-state index contributed by atoms with van der Waals surface area (Å²) in [7, 11) is 0. The van der Waals surface area contributed by atoms with E-state index in [-0.39, 0.29) is 5.69 Å². The summed E-state index contributed by atoms with van der Waals surface area (Å²) in [6.45, 7) is 3.42. The summed E-state index contributed by atoms with van der Waals surface area (Å²) in [5.41, 5.74) is -0.130. The van der Waals surface area contributed by atoms with Gasteiger partial charge in [-0.05, 0) is 25.0 Å². The molecule has 20 heavy (non-hydrogen) atoms. The van der Waals surface area contributed by atoms with Gasteiger partial charge in [-0.1, -0.05) is 36.9 Å². The van der Waals surface area contributed by atoms with Crippen molar-refractivity contribution >= 4 is 11.8 Å². The smallest absolute Gasteiger partial charge is 0.343 e. The van der Waals surface area contributed by atoms with Gasteiger partial charge in [-0.15, -0.1) is 5.10 Å². The average Bonchev–Trinajstić information content (AvgIpc) is 2.81. The Balaban J connectivity index is 1.72. The number of aromatic amines is 1.